The number of allylic oxidation sites excluding steroid dienone is 1. The molecule has 1 unspecified atom stereocenters. The number of hydrogen-bond acceptors (Lipinski definition) is 8. The second kappa shape index (κ2) is 9.05. The second-order valence-electron chi connectivity index (χ2n) is 7.77. The maximum atomic E-state index is 12.8. The number of benzene rings is 3. The van der Waals surface area contributed by atoms with Gasteiger partial charge in [0.25, 0.3) is 0 Å². The Balaban J connectivity index is 1.48. The minimum absolute atomic E-state index is 0.0161. The molecule has 0 saturated carbocycles. The first-order chi connectivity index (χ1) is 17.0. The number of ether oxygens (including phenoxy) is 2. The zero-order valence-corrected chi connectivity index (χ0v) is 19.3. The van der Waals surface area contributed by atoms with Gasteiger partial charge < -0.3 is 19.6 Å². The molecule has 2 heterocycles. The summed E-state index contributed by atoms with van der Waals surface area (Å²) < 4.78 is 16.4. The largest absolute Gasteiger partial charge is 0.440 e. The van der Waals surface area contributed by atoms with E-state index >= 15 is 0 Å². The van der Waals surface area contributed by atoms with Crippen LogP contribution in [0.5, 0.6) is 11.5 Å². The van der Waals surface area contributed by atoms with E-state index in [0.29, 0.717) is 27.9 Å². The fraction of sp³-hybridized carbons (Fsp3) is 0.0741. The second-order valence-corrected chi connectivity index (χ2v) is 8.65. The molecule has 4 aromatic rings. The minimum atomic E-state index is -0.856. The van der Waals surface area contributed by atoms with Gasteiger partial charge in [0.2, 0.25) is 5.88 Å². The van der Waals surface area contributed by atoms with E-state index in [1.165, 1.54) is 12.1 Å². The van der Waals surface area contributed by atoms with Crippen LogP contribution in [0.2, 0.25) is 0 Å². The van der Waals surface area contributed by atoms with E-state index in [9.17, 15) is 14.9 Å². The highest BCUT2D eigenvalue weighted by Gasteiger charge is 2.31. The lowest BCUT2D eigenvalue weighted by Crippen LogP contribution is -2.21. The van der Waals surface area contributed by atoms with Crippen LogP contribution in [0.3, 0.4) is 0 Å². The first-order valence-corrected chi connectivity index (χ1v) is 11.8. The fourth-order valence-corrected chi connectivity index (χ4v) is 4.41. The number of fused-ring (bicyclic) bond motifs is 2. The summed E-state index contributed by atoms with van der Waals surface area (Å²) in [5.41, 5.74) is 7.32. The number of nitrogens with zero attached hydrogens (tertiary/aromatic N) is 1. The summed E-state index contributed by atoms with van der Waals surface area (Å²) in [7, 11) is 0. The molecule has 1 atom stereocenters. The molecule has 0 fully saturated rings. The zero-order valence-electron chi connectivity index (χ0n) is 18.5. The molecule has 0 radical (unpaired) electrons. The van der Waals surface area contributed by atoms with Gasteiger partial charge in [-0.05, 0) is 42.2 Å². The van der Waals surface area contributed by atoms with Crippen LogP contribution in [-0.4, -0.2) is 12.2 Å². The highest BCUT2D eigenvalue weighted by atomic mass is 32.2. The summed E-state index contributed by atoms with van der Waals surface area (Å²) in [4.78, 5) is 26.2. The Morgan fingerprint density at radius 3 is 2.60 bits per heavy atom. The van der Waals surface area contributed by atoms with Crippen LogP contribution >= 0.6 is 11.8 Å². The number of rotatable bonds is 4. The number of carbonyl (C=O) groups is 1. The molecule has 2 N–H and O–H groups in total. The van der Waals surface area contributed by atoms with E-state index < -0.39 is 17.5 Å². The van der Waals surface area contributed by atoms with E-state index in [0.717, 1.165) is 10.5 Å². The van der Waals surface area contributed by atoms with Crippen molar-refractivity contribution in [3.63, 3.8) is 0 Å². The molecule has 0 amide bonds. The van der Waals surface area contributed by atoms with Crippen molar-refractivity contribution in [2.45, 2.75) is 10.8 Å². The van der Waals surface area contributed by atoms with Gasteiger partial charge in [0.15, 0.2) is 0 Å². The molecule has 0 saturated heterocycles. The Morgan fingerprint density at radius 2 is 1.86 bits per heavy atom. The zero-order chi connectivity index (χ0) is 24.5. The standard InChI is InChI=1S/C27H18N2O5S/c1-35-18-9-6-15(7-10-18)24-19-11-8-17(13-23(19)33-25(29)21(24)14-28)32-26(30)20-12-16-4-2-3-5-22(16)34-27(20)31/h2-13,24H,29H2,1H3. The quantitative estimate of drug-likeness (QED) is 0.188. The molecule has 8 heteroatoms. The van der Waals surface area contributed by atoms with Crippen molar-refractivity contribution in [2.75, 3.05) is 6.26 Å². The molecular weight excluding hydrogens is 464 g/mol. The summed E-state index contributed by atoms with van der Waals surface area (Å²) in [6.07, 6.45) is 1.99. The van der Waals surface area contributed by atoms with Crippen molar-refractivity contribution in [1.29, 1.82) is 5.26 Å². The smallest absolute Gasteiger partial charge is 0.351 e. The third-order valence-corrected chi connectivity index (χ3v) is 6.46. The number of hydrogen-bond donors (Lipinski definition) is 1. The summed E-state index contributed by atoms with van der Waals surface area (Å²) >= 11 is 1.62. The first-order valence-electron chi connectivity index (χ1n) is 10.6. The van der Waals surface area contributed by atoms with Crippen LogP contribution in [0.1, 0.15) is 27.4 Å². The Morgan fingerprint density at radius 1 is 1.09 bits per heavy atom. The number of esters is 1. The highest BCUT2D eigenvalue weighted by Crippen LogP contribution is 2.43. The average molecular weight is 483 g/mol. The van der Waals surface area contributed by atoms with Gasteiger partial charge >= 0.3 is 11.6 Å². The summed E-state index contributed by atoms with van der Waals surface area (Å²) in [5, 5.41) is 10.3. The molecule has 5 rings (SSSR count). The van der Waals surface area contributed by atoms with E-state index in [1.54, 1.807) is 48.2 Å². The molecule has 35 heavy (non-hydrogen) atoms. The van der Waals surface area contributed by atoms with Crippen molar-refractivity contribution in [2.24, 2.45) is 5.73 Å². The van der Waals surface area contributed by atoms with Crippen molar-refractivity contribution in [3.8, 4) is 17.6 Å². The number of carbonyl (C=O) groups excluding carboxylic acids is 1. The maximum absolute atomic E-state index is 12.8. The maximum Gasteiger partial charge on any atom is 0.351 e. The molecule has 3 aromatic carbocycles. The van der Waals surface area contributed by atoms with Crippen LogP contribution in [0.4, 0.5) is 0 Å². The first kappa shape index (κ1) is 22.3. The van der Waals surface area contributed by atoms with Crippen molar-refractivity contribution >= 4 is 28.7 Å². The van der Waals surface area contributed by atoms with Gasteiger partial charge in [0.1, 0.15) is 34.3 Å². The van der Waals surface area contributed by atoms with Crippen LogP contribution in [0, 0.1) is 11.3 Å². The predicted molar refractivity (Wildman–Crippen MR) is 131 cm³/mol. The topological polar surface area (TPSA) is 116 Å². The Hall–Kier alpha value is -4.48. The van der Waals surface area contributed by atoms with Crippen LogP contribution < -0.4 is 20.8 Å². The lowest BCUT2D eigenvalue weighted by atomic mass is 9.83. The van der Waals surface area contributed by atoms with Crippen molar-refractivity contribution < 1.29 is 18.7 Å². The minimum Gasteiger partial charge on any atom is -0.440 e. The van der Waals surface area contributed by atoms with Gasteiger partial charge in [-0.25, -0.2) is 9.59 Å². The van der Waals surface area contributed by atoms with Crippen molar-refractivity contribution in [1.82, 2.24) is 0 Å². The van der Waals surface area contributed by atoms with Gasteiger partial charge in [-0.1, -0.05) is 36.4 Å². The van der Waals surface area contributed by atoms with Gasteiger partial charge in [0, 0.05) is 21.9 Å². The molecule has 172 valence electrons. The highest BCUT2D eigenvalue weighted by molar-refractivity contribution is 7.98. The molecule has 1 aliphatic rings. The van der Waals surface area contributed by atoms with E-state index in [1.807, 2.05) is 30.5 Å². The Labute approximate surface area is 204 Å². The third kappa shape index (κ3) is 4.14. The molecule has 0 spiro atoms. The third-order valence-electron chi connectivity index (χ3n) is 5.71. The monoisotopic (exact) mass is 482 g/mol. The fourth-order valence-electron chi connectivity index (χ4n) is 4.00. The molecule has 0 bridgehead atoms. The lowest BCUT2D eigenvalue weighted by Gasteiger charge is -2.26. The predicted octanol–water partition coefficient (Wildman–Crippen LogP) is 4.95. The van der Waals surface area contributed by atoms with Crippen LogP contribution in [0.15, 0.2) is 98.4 Å². The molecular formula is C27H18N2O5S. The van der Waals surface area contributed by atoms with Crippen LogP contribution in [-0.2, 0) is 0 Å². The number of nitrogens with two attached hydrogens (primary N) is 1. The summed E-state index contributed by atoms with van der Waals surface area (Å²) in [6, 6.07) is 23.1. The molecule has 7 nitrogen and oxygen atoms in total. The number of nitriles is 1. The average Bonchev–Trinajstić information content (AvgIpc) is 2.87. The molecule has 1 aromatic heterocycles. The summed E-state index contributed by atoms with van der Waals surface area (Å²) in [5.74, 6) is -0.789. The number of para-hydroxylation sites is 1. The van der Waals surface area contributed by atoms with Gasteiger partial charge in [-0.15, -0.1) is 11.8 Å². The summed E-state index contributed by atoms with van der Waals surface area (Å²) in [6.45, 7) is 0. The van der Waals surface area contributed by atoms with Crippen LogP contribution in [0.25, 0.3) is 11.0 Å². The van der Waals surface area contributed by atoms with Gasteiger partial charge in [-0.3, -0.25) is 0 Å². The van der Waals surface area contributed by atoms with Gasteiger partial charge in [0.05, 0.1) is 5.92 Å². The normalized spacial score (nSPS) is 14.7. The van der Waals surface area contributed by atoms with E-state index in [2.05, 4.69) is 6.07 Å². The SMILES string of the molecule is CSc1ccc(C2C(C#N)=C(N)Oc3cc(OC(=O)c4cc5ccccc5oc4=O)ccc32)cc1. The number of thioether (sulfide) groups is 1. The molecule has 1 aliphatic heterocycles. The van der Waals surface area contributed by atoms with Gasteiger partial charge in [-0.2, -0.15) is 5.26 Å². The Kier molecular flexibility index (Phi) is 5.77. The lowest BCUT2D eigenvalue weighted by molar-refractivity contribution is 0.0730. The Bertz CT molecular complexity index is 1600. The van der Waals surface area contributed by atoms with E-state index in [-0.39, 0.29) is 17.2 Å². The molecule has 0 aliphatic carbocycles. The van der Waals surface area contributed by atoms with Crippen molar-refractivity contribution in [3.05, 3.63) is 111 Å². The van der Waals surface area contributed by atoms with E-state index in [4.69, 9.17) is 19.6 Å².